The number of nitrogens with zero attached hydrogens (tertiary/aromatic N) is 1. The summed E-state index contributed by atoms with van der Waals surface area (Å²) < 4.78 is 11.6. The SMILES string of the molecule is Cc1cccc(OCCNC(=O)[C@H](C)N2CCO[C@H](c3ccc(Cl)cc3)C2)c1. The van der Waals surface area contributed by atoms with Crippen molar-refractivity contribution in [1.29, 1.82) is 0 Å². The minimum atomic E-state index is -0.224. The number of hydrogen-bond acceptors (Lipinski definition) is 4. The Balaban J connectivity index is 1.45. The molecule has 0 saturated carbocycles. The number of rotatable bonds is 7. The van der Waals surface area contributed by atoms with E-state index in [-0.39, 0.29) is 18.1 Å². The lowest BCUT2D eigenvalue weighted by Gasteiger charge is -2.36. The van der Waals surface area contributed by atoms with E-state index < -0.39 is 0 Å². The number of nitrogens with one attached hydrogen (secondary N) is 1. The number of benzene rings is 2. The average molecular weight is 403 g/mol. The Bertz CT molecular complexity index is 782. The normalized spacial score (nSPS) is 18.5. The van der Waals surface area contributed by atoms with Gasteiger partial charge in [-0.05, 0) is 49.2 Å². The van der Waals surface area contributed by atoms with Gasteiger partial charge in [0.05, 0.1) is 25.3 Å². The van der Waals surface area contributed by atoms with Gasteiger partial charge >= 0.3 is 0 Å². The molecule has 1 fully saturated rings. The number of carbonyl (C=O) groups excluding carboxylic acids is 1. The van der Waals surface area contributed by atoms with E-state index in [1.807, 2.05) is 62.4 Å². The van der Waals surface area contributed by atoms with Crippen LogP contribution in [-0.4, -0.2) is 49.7 Å². The molecule has 0 aromatic heterocycles. The maximum atomic E-state index is 12.5. The second kappa shape index (κ2) is 9.92. The molecule has 1 aliphatic rings. The fraction of sp³-hybridized carbons (Fsp3) is 0.409. The van der Waals surface area contributed by atoms with Crippen LogP contribution in [0.2, 0.25) is 5.02 Å². The van der Waals surface area contributed by atoms with Crippen molar-refractivity contribution in [2.24, 2.45) is 0 Å². The summed E-state index contributed by atoms with van der Waals surface area (Å²) in [5.74, 6) is 0.825. The van der Waals surface area contributed by atoms with E-state index >= 15 is 0 Å². The van der Waals surface area contributed by atoms with Crippen LogP contribution in [0, 0.1) is 6.92 Å². The van der Waals surface area contributed by atoms with Crippen LogP contribution in [0.3, 0.4) is 0 Å². The summed E-state index contributed by atoms with van der Waals surface area (Å²) in [6.45, 7) is 6.88. The van der Waals surface area contributed by atoms with Gasteiger partial charge in [-0.2, -0.15) is 0 Å². The van der Waals surface area contributed by atoms with Crippen molar-refractivity contribution in [3.05, 3.63) is 64.7 Å². The van der Waals surface area contributed by atoms with Gasteiger partial charge in [-0.1, -0.05) is 35.9 Å². The maximum Gasteiger partial charge on any atom is 0.237 e. The van der Waals surface area contributed by atoms with Crippen LogP contribution >= 0.6 is 11.6 Å². The molecule has 0 radical (unpaired) electrons. The van der Waals surface area contributed by atoms with Gasteiger partial charge < -0.3 is 14.8 Å². The van der Waals surface area contributed by atoms with Crippen LogP contribution < -0.4 is 10.1 Å². The summed E-state index contributed by atoms with van der Waals surface area (Å²) in [6.07, 6.45) is -0.0501. The van der Waals surface area contributed by atoms with E-state index in [4.69, 9.17) is 21.1 Å². The Labute approximate surface area is 171 Å². The summed E-state index contributed by atoms with van der Waals surface area (Å²) in [5.41, 5.74) is 2.23. The van der Waals surface area contributed by atoms with Gasteiger partial charge in [-0.15, -0.1) is 0 Å². The number of aryl methyl sites for hydroxylation is 1. The summed E-state index contributed by atoms with van der Waals surface area (Å²) in [6, 6.07) is 15.3. The Morgan fingerprint density at radius 1 is 1.32 bits per heavy atom. The van der Waals surface area contributed by atoms with E-state index in [0.717, 1.165) is 23.4 Å². The molecule has 0 aliphatic carbocycles. The third-order valence-corrected chi connectivity index (χ3v) is 5.18. The topological polar surface area (TPSA) is 50.8 Å². The summed E-state index contributed by atoms with van der Waals surface area (Å²) in [4.78, 5) is 14.7. The van der Waals surface area contributed by atoms with Crippen molar-refractivity contribution < 1.29 is 14.3 Å². The zero-order valence-corrected chi connectivity index (χ0v) is 17.1. The molecule has 2 aromatic rings. The van der Waals surface area contributed by atoms with Crippen molar-refractivity contribution >= 4 is 17.5 Å². The van der Waals surface area contributed by atoms with Crippen molar-refractivity contribution in [3.8, 4) is 5.75 Å². The number of hydrogen-bond donors (Lipinski definition) is 1. The number of morpholine rings is 1. The van der Waals surface area contributed by atoms with E-state index in [2.05, 4.69) is 10.2 Å². The highest BCUT2D eigenvalue weighted by molar-refractivity contribution is 6.30. The monoisotopic (exact) mass is 402 g/mol. The smallest absolute Gasteiger partial charge is 0.237 e. The van der Waals surface area contributed by atoms with Gasteiger partial charge in [0.25, 0.3) is 0 Å². The molecule has 1 N–H and O–H groups in total. The molecule has 1 amide bonds. The van der Waals surface area contributed by atoms with Crippen LogP contribution in [-0.2, 0) is 9.53 Å². The largest absolute Gasteiger partial charge is 0.492 e. The molecule has 1 saturated heterocycles. The fourth-order valence-electron chi connectivity index (χ4n) is 3.26. The molecule has 2 atom stereocenters. The van der Waals surface area contributed by atoms with Gasteiger partial charge in [0.2, 0.25) is 5.91 Å². The molecule has 0 unspecified atom stereocenters. The molecule has 150 valence electrons. The molecule has 1 heterocycles. The predicted octanol–water partition coefficient (Wildman–Crippen LogP) is 3.61. The third kappa shape index (κ3) is 5.71. The Morgan fingerprint density at radius 2 is 2.11 bits per heavy atom. The van der Waals surface area contributed by atoms with Gasteiger partial charge in [0, 0.05) is 18.1 Å². The van der Waals surface area contributed by atoms with Gasteiger partial charge in [-0.25, -0.2) is 0 Å². The minimum absolute atomic E-state index is 0.00426. The number of halogens is 1. The lowest BCUT2D eigenvalue weighted by molar-refractivity contribution is -0.129. The standard InChI is InChI=1S/C22H27ClN2O3/c1-16-4-3-5-20(14-16)27-12-10-24-22(26)17(2)25-11-13-28-21(15-25)18-6-8-19(23)9-7-18/h3-9,14,17,21H,10-13,15H2,1-2H3,(H,24,26)/t17-,21-/m0/s1. The van der Waals surface area contributed by atoms with Crippen LogP contribution in [0.1, 0.15) is 24.2 Å². The summed E-state index contributed by atoms with van der Waals surface area (Å²) in [5, 5.41) is 3.67. The molecular formula is C22H27ClN2O3. The first-order valence-electron chi connectivity index (χ1n) is 9.61. The number of amides is 1. The molecule has 5 nitrogen and oxygen atoms in total. The zero-order chi connectivity index (χ0) is 19.9. The average Bonchev–Trinajstić information content (AvgIpc) is 2.71. The summed E-state index contributed by atoms with van der Waals surface area (Å²) >= 11 is 5.96. The Hall–Kier alpha value is -2.08. The van der Waals surface area contributed by atoms with Crippen molar-refractivity contribution in [2.75, 3.05) is 32.8 Å². The van der Waals surface area contributed by atoms with E-state index in [9.17, 15) is 4.79 Å². The summed E-state index contributed by atoms with van der Waals surface area (Å²) in [7, 11) is 0. The first-order chi connectivity index (χ1) is 13.5. The minimum Gasteiger partial charge on any atom is -0.492 e. The van der Waals surface area contributed by atoms with Crippen LogP contribution in [0.4, 0.5) is 0 Å². The fourth-order valence-corrected chi connectivity index (χ4v) is 3.39. The molecule has 0 bridgehead atoms. The molecule has 6 heteroatoms. The molecule has 28 heavy (non-hydrogen) atoms. The number of carbonyl (C=O) groups is 1. The second-order valence-corrected chi connectivity index (χ2v) is 7.47. The number of ether oxygens (including phenoxy) is 2. The van der Waals surface area contributed by atoms with Crippen molar-refractivity contribution in [3.63, 3.8) is 0 Å². The highest BCUT2D eigenvalue weighted by atomic mass is 35.5. The maximum absolute atomic E-state index is 12.5. The molecule has 2 aromatic carbocycles. The van der Waals surface area contributed by atoms with Crippen LogP contribution in [0.25, 0.3) is 0 Å². The van der Waals surface area contributed by atoms with Gasteiger partial charge in [0.1, 0.15) is 12.4 Å². The van der Waals surface area contributed by atoms with Gasteiger partial charge in [0.15, 0.2) is 0 Å². The third-order valence-electron chi connectivity index (χ3n) is 4.93. The van der Waals surface area contributed by atoms with E-state index in [0.29, 0.717) is 31.3 Å². The Morgan fingerprint density at radius 3 is 2.86 bits per heavy atom. The second-order valence-electron chi connectivity index (χ2n) is 7.04. The van der Waals surface area contributed by atoms with Crippen LogP contribution in [0.5, 0.6) is 5.75 Å². The van der Waals surface area contributed by atoms with Crippen molar-refractivity contribution in [2.45, 2.75) is 26.0 Å². The van der Waals surface area contributed by atoms with Crippen LogP contribution in [0.15, 0.2) is 48.5 Å². The Kier molecular flexibility index (Phi) is 7.31. The first-order valence-corrected chi connectivity index (χ1v) is 9.99. The van der Waals surface area contributed by atoms with E-state index in [1.165, 1.54) is 0 Å². The van der Waals surface area contributed by atoms with E-state index in [1.54, 1.807) is 0 Å². The highest BCUT2D eigenvalue weighted by Gasteiger charge is 2.28. The quantitative estimate of drug-likeness (QED) is 0.719. The predicted molar refractivity (Wildman–Crippen MR) is 111 cm³/mol. The molecular weight excluding hydrogens is 376 g/mol. The zero-order valence-electron chi connectivity index (χ0n) is 16.4. The highest BCUT2D eigenvalue weighted by Crippen LogP contribution is 2.24. The van der Waals surface area contributed by atoms with Crippen molar-refractivity contribution in [1.82, 2.24) is 10.2 Å². The lowest BCUT2D eigenvalue weighted by atomic mass is 10.1. The first kappa shape index (κ1) is 20.6. The lowest BCUT2D eigenvalue weighted by Crippen LogP contribution is -2.50. The molecule has 3 rings (SSSR count). The van der Waals surface area contributed by atoms with Gasteiger partial charge in [-0.3, -0.25) is 9.69 Å². The molecule has 0 spiro atoms. The molecule has 1 aliphatic heterocycles.